The van der Waals surface area contributed by atoms with Crippen molar-refractivity contribution in [3.05, 3.63) is 29.6 Å². The van der Waals surface area contributed by atoms with Gasteiger partial charge in [-0.3, -0.25) is 0 Å². The topological polar surface area (TPSA) is 116 Å². The zero-order valence-corrected chi connectivity index (χ0v) is 12.1. The first-order valence-corrected chi connectivity index (χ1v) is 6.84. The predicted octanol–water partition coefficient (Wildman–Crippen LogP) is 1.09. The van der Waals surface area contributed by atoms with Crippen LogP contribution in [-0.4, -0.2) is 28.9 Å². The molecule has 21 heavy (non-hydrogen) atoms. The van der Waals surface area contributed by atoms with Gasteiger partial charge in [0.1, 0.15) is 5.69 Å². The van der Waals surface area contributed by atoms with Gasteiger partial charge < -0.3 is 11.5 Å². The van der Waals surface area contributed by atoms with E-state index in [9.17, 15) is 0 Å². The van der Waals surface area contributed by atoms with Crippen LogP contribution in [0.15, 0.2) is 34.6 Å². The molecule has 0 radical (unpaired) electrons. The van der Waals surface area contributed by atoms with E-state index in [2.05, 4.69) is 15.3 Å². The van der Waals surface area contributed by atoms with Crippen molar-refractivity contribution in [3.8, 4) is 17.5 Å². The van der Waals surface area contributed by atoms with E-state index in [-0.39, 0.29) is 5.96 Å². The molecule has 0 aliphatic carbocycles. The van der Waals surface area contributed by atoms with Crippen molar-refractivity contribution in [1.29, 1.82) is 5.26 Å². The second kappa shape index (κ2) is 6.49. The third-order valence-corrected chi connectivity index (χ3v) is 3.32. The zero-order chi connectivity index (χ0) is 15.2. The van der Waals surface area contributed by atoms with Crippen molar-refractivity contribution >= 4 is 34.5 Å². The van der Waals surface area contributed by atoms with Gasteiger partial charge in [-0.2, -0.15) is 10.3 Å². The van der Waals surface area contributed by atoms with Gasteiger partial charge in [0.25, 0.3) is 12.5 Å². The summed E-state index contributed by atoms with van der Waals surface area (Å²) in [6, 6.07) is 7.76. The summed E-state index contributed by atoms with van der Waals surface area (Å²) >= 11 is 1.37. The van der Waals surface area contributed by atoms with Crippen molar-refractivity contribution in [2.45, 2.75) is 0 Å². The molecule has 0 saturated heterocycles. The highest BCUT2D eigenvalue weighted by molar-refractivity contribution is 7.13. The van der Waals surface area contributed by atoms with E-state index in [0.29, 0.717) is 5.13 Å². The average molecular weight is 300 g/mol. The normalized spacial score (nSPS) is 10.8. The smallest absolute Gasteiger partial charge is 0.288 e. The van der Waals surface area contributed by atoms with E-state index in [1.807, 2.05) is 42.9 Å². The lowest BCUT2D eigenvalue weighted by Crippen LogP contribution is -2.21. The van der Waals surface area contributed by atoms with Gasteiger partial charge in [0.15, 0.2) is 5.96 Å². The molecule has 1 aromatic heterocycles. The summed E-state index contributed by atoms with van der Waals surface area (Å²) in [6.45, 7) is 0. The average Bonchev–Trinajstić information content (AvgIpc) is 2.92. The number of nitrogens with two attached hydrogens (primary N) is 2. The van der Waals surface area contributed by atoms with Gasteiger partial charge in [-0.25, -0.2) is 9.56 Å². The standard InChI is InChI=1S/C13H13N7S/c1-20(8-17-7-14)10-4-2-3-9(5-10)11-6-21-13(18-11)19-12(15)16/h2-6,8H,1H3,(H4,15,16,18,19)/p+1. The molecule has 2 rings (SSSR count). The maximum Gasteiger partial charge on any atom is 0.288 e. The van der Waals surface area contributed by atoms with Crippen LogP contribution in [0.2, 0.25) is 0 Å². The second-order valence-corrected chi connectivity index (χ2v) is 4.94. The molecule has 0 aliphatic heterocycles. The molecule has 0 atom stereocenters. The SMILES string of the molecule is C[N+](=CNC#N)c1cccc(-c2csc(N=C(N)N)n2)c1. The second-order valence-electron chi connectivity index (χ2n) is 4.10. The Balaban J connectivity index is 2.31. The van der Waals surface area contributed by atoms with Gasteiger partial charge in [-0.15, -0.1) is 16.6 Å². The molecule has 0 fully saturated rings. The number of aromatic nitrogens is 1. The first kappa shape index (κ1) is 14.5. The maximum absolute atomic E-state index is 8.51. The van der Waals surface area contributed by atoms with Crippen LogP contribution in [0.5, 0.6) is 0 Å². The minimum absolute atomic E-state index is 0.0124. The number of nitrogens with one attached hydrogen (secondary N) is 1. The van der Waals surface area contributed by atoms with E-state index < -0.39 is 0 Å². The number of aliphatic imine (C=N–C) groups is 1. The molecule has 0 aliphatic rings. The number of nitrogens with zero attached hydrogens (tertiary/aromatic N) is 4. The molecule has 0 bridgehead atoms. The Morgan fingerprint density at radius 1 is 1.52 bits per heavy atom. The van der Waals surface area contributed by atoms with Gasteiger partial charge in [0, 0.05) is 10.9 Å². The Bertz CT molecular complexity index is 735. The van der Waals surface area contributed by atoms with Crippen LogP contribution in [0.3, 0.4) is 0 Å². The summed E-state index contributed by atoms with van der Waals surface area (Å²) < 4.78 is 1.80. The van der Waals surface area contributed by atoms with Crippen LogP contribution in [0, 0.1) is 11.5 Å². The molecule has 0 amide bonds. The lowest BCUT2D eigenvalue weighted by atomic mass is 10.1. The minimum Gasteiger partial charge on any atom is -0.370 e. The highest BCUT2D eigenvalue weighted by Gasteiger charge is 2.07. The molecular formula is C13H14N7S+. The number of hydrogen-bond acceptors (Lipinski definition) is 4. The summed E-state index contributed by atoms with van der Waals surface area (Å²) in [4.78, 5) is 8.28. The molecule has 8 heteroatoms. The molecule has 0 saturated carbocycles. The Morgan fingerprint density at radius 2 is 2.33 bits per heavy atom. The molecule has 7 nitrogen and oxygen atoms in total. The predicted molar refractivity (Wildman–Crippen MR) is 83.7 cm³/mol. The zero-order valence-electron chi connectivity index (χ0n) is 11.3. The summed E-state index contributed by atoms with van der Waals surface area (Å²) in [5.41, 5.74) is 13.3. The van der Waals surface area contributed by atoms with Crippen LogP contribution >= 0.6 is 11.3 Å². The fourth-order valence-corrected chi connectivity index (χ4v) is 2.36. The summed E-state index contributed by atoms with van der Waals surface area (Å²) in [6.07, 6.45) is 3.41. The number of benzene rings is 1. The van der Waals surface area contributed by atoms with Gasteiger partial charge in [0.2, 0.25) is 5.13 Å². The lowest BCUT2D eigenvalue weighted by molar-refractivity contribution is -0.401. The van der Waals surface area contributed by atoms with Crippen LogP contribution in [-0.2, 0) is 0 Å². The van der Waals surface area contributed by atoms with Crippen LogP contribution in [0.4, 0.5) is 10.8 Å². The van der Waals surface area contributed by atoms with Gasteiger partial charge in [-0.1, -0.05) is 12.1 Å². The lowest BCUT2D eigenvalue weighted by Gasteiger charge is -2.02. The van der Waals surface area contributed by atoms with Crippen molar-refractivity contribution in [2.24, 2.45) is 16.5 Å². The number of thiazole rings is 1. The van der Waals surface area contributed by atoms with E-state index in [0.717, 1.165) is 16.9 Å². The molecule has 0 unspecified atom stereocenters. The molecule has 1 heterocycles. The van der Waals surface area contributed by atoms with Crippen LogP contribution < -0.4 is 16.8 Å². The first-order valence-electron chi connectivity index (χ1n) is 5.96. The van der Waals surface area contributed by atoms with E-state index >= 15 is 0 Å². The third kappa shape index (κ3) is 3.77. The quantitative estimate of drug-likeness (QED) is 0.257. The molecular weight excluding hydrogens is 286 g/mol. The van der Waals surface area contributed by atoms with Crippen molar-refractivity contribution in [1.82, 2.24) is 10.3 Å². The number of rotatable bonds is 4. The largest absolute Gasteiger partial charge is 0.370 e. The van der Waals surface area contributed by atoms with E-state index in [1.54, 1.807) is 10.9 Å². The first-order chi connectivity index (χ1) is 10.1. The number of hydrogen-bond donors (Lipinski definition) is 3. The van der Waals surface area contributed by atoms with E-state index in [1.165, 1.54) is 11.3 Å². The van der Waals surface area contributed by atoms with Gasteiger partial charge in [-0.05, 0) is 12.1 Å². The Morgan fingerprint density at radius 3 is 3.05 bits per heavy atom. The Hall–Kier alpha value is -2.92. The van der Waals surface area contributed by atoms with Crippen molar-refractivity contribution < 1.29 is 4.58 Å². The molecule has 2 aromatic rings. The highest BCUT2D eigenvalue weighted by Crippen LogP contribution is 2.28. The van der Waals surface area contributed by atoms with Gasteiger partial charge >= 0.3 is 0 Å². The summed E-state index contributed by atoms with van der Waals surface area (Å²) in [7, 11) is 1.84. The highest BCUT2D eigenvalue weighted by atomic mass is 32.1. The molecule has 5 N–H and O–H groups in total. The number of nitriles is 1. The fourth-order valence-electron chi connectivity index (χ4n) is 1.64. The number of guanidine groups is 1. The van der Waals surface area contributed by atoms with Crippen LogP contribution in [0.1, 0.15) is 0 Å². The summed E-state index contributed by atoms with van der Waals surface area (Å²) in [5, 5.41) is 13.4. The molecule has 1 aromatic carbocycles. The molecule has 0 spiro atoms. The fraction of sp³-hybridized carbons (Fsp3) is 0.0769. The Labute approximate surface area is 125 Å². The van der Waals surface area contributed by atoms with Crippen molar-refractivity contribution in [2.75, 3.05) is 7.05 Å². The minimum atomic E-state index is -0.0124. The maximum atomic E-state index is 8.51. The Kier molecular flexibility index (Phi) is 4.48. The van der Waals surface area contributed by atoms with Crippen molar-refractivity contribution in [3.63, 3.8) is 0 Å². The monoisotopic (exact) mass is 300 g/mol. The van der Waals surface area contributed by atoms with Gasteiger partial charge in [0.05, 0.1) is 12.7 Å². The third-order valence-electron chi connectivity index (χ3n) is 2.59. The van der Waals surface area contributed by atoms with E-state index in [4.69, 9.17) is 16.7 Å². The summed E-state index contributed by atoms with van der Waals surface area (Å²) in [5.74, 6) is -0.0124. The van der Waals surface area contributed by atoms with Crippen LogP contribution in [0.25, 0.3) is 11.3 Å². The molecule has 106 valence electrons.